The number of benzene rings is 2. The Morgan fingerprint density at radius 2 is 1.67 bits per heavy atom. The Kier molecular flexibility index (Phi) is 5.41. The van der Waals surface area contributed by atoms with Crippen molar-refractivity contribution in [3.05, 3.63) is 77.5 Å². The van der Waals surface area contributed by atoms with Gasteiger partial charge in [-0.25, -0.2) is 4.79 Å². The van der Waals surface area contributed by atoms with Gasteiger partial charge in [-0.1, -0.05) is 36.4 Å². The van der Waals surface area contributed by atoms with Crippen molar-refractivity contribution in [3.8, 4) is 0 Å². The minimum Gasteiger partial charge on any atom is -0.452 e. The Bertz CT molecular complexity index is 1000. The number of carbonyl (C=O) groups excluding carboxylic acids is 3. The molecule has 0 aliphatic heterocycles. The Labute approximate surface area is 155 Å². The summed E-state index contributed by atoms with van der Waals surface area (Å²) < 4.78 is 5.06. The number of esters is 1. The molecule has 0 radical (unpaired) electrons. The zero-order chi connectivity index (χ0) is 19.2. The van der Waals surface area contributed by atoms with Crippen LogP contribution in [0.5, 0.6) is 0 Å². The highest BCUT2D eigenvalue weighted by molar-refractivity contribution is 6.04. The number of amides is 2. The number of para-hydroxylation sites is 1. The number of carbonyl (C=O) groups is 3. The molecule has 7 nitrogen and oxygen atoms in total. The molecule has 1 aromatic heterocycles. The maximum absolute atomic E-state index is 12.4. The van der Waals surface area contributed by atoms with Gasteiger partial charge in [0.05, 0.1) is 11.1 Å². The molecule has 0 fully saturated rings. The number of aromatic nitrogens is 1. The molecule has 0 saturated heterocycles. The molecule has 7 heteroatoms. The summed E-state index contributed by atoms with van der Waals surface area (Å²) in [5, 5.41) is 0.644. The molecule has 2 N–H and O–H groups in total. The summed E-state index contributed by atoms with van der Waals surface area (Å²) in [4.78, 5) is 40.4. The van der Waals surface area contributed by atoms with E-state index in [0.29, 0.717) is 27.7 Å². The quantitative estimate of drug-likeness (QED) is 0.547. The zero-order valence-electron chi connectivity index (χ0n) is 14.6. The summed E-state index contributed by atoms with van der Waals surface area (Å²) in [6.07, 6.45) is 0. The summed E-state index contributed by atoms with van der Waals surface area (Å²) in [5.41, 5.74) is 6.54. The van der Waals surface area contributed by atoms with E-state index >= 15 is 0 Å². The Hall–Kier alpha value is -3.74. The molecule has 0 aliphatic carbocycles. The van der Waals surface area contributed by atoms with Crippen molar-refractivity contribution in [3.63, 3.8) is 0 Å². The molecular formula is C20H17N3O4. The molecule has 2 aromatic carbocycles. The summed E-state index contributed by atoms with van der Waals surface area (Å²) >= 11 is 0. The standard InChI is InChI=1S/C20H17N3O4/c1-13-11-16(15-9-5-6-10-17(15)21-13)20(26)27-12-18(24)22-23-19(25)14-7-3-2-4-8-14/h2-11H,12H2,1H3,(H,22,24)(H,23,25). The van der Waals surface area contributed by atoms with Gasteiger partial charge >= 0.3 is 5.97 Å². The summed E-state index contributed by atoms with van der Waals surface area (Å²) in [7, 11) is 0. The van der Waals surface area contributed by atoms with E-state index in [1.54, 1.807) is 61.5 Å². The van der Waals surface area contributed by atoms with E-state index in [1.807, 2.05) is 6.07 Å². The molecule has 0 bridgehead atoms. The van der Waals surface area contributed by atoms with Crippen molar-refractivity contribution in [1.82, 2.24) is 15.8 Å². The van der Waals surface area contributed by atoms with Crippen LogP contribution >= 0.6 is 0 Å². The third-order valence-electron chi connectivity index (χ3n) is 3.75. The molecule has 1 heterocycles. The Morgan fingerprint density at radius 3 is 2.44 bits per heavy atom. The molecule has 0 atom stereocenters. The van der Waals surface area contributed by atoms with Crippen LogP contribution in [0.4, 0.5) is 0 Å². The fraction of sp³-hybridized carbons (Fsp3) is 0.100. The maximum atomic E-state index is 12.4. The van der Waals surface area contributed by atoms with Gasteiger partial charge in [-0.05, 0) is 31.2 Å². The predicted octanol–water partition coefficient (Wildman–Crippen LogP) is 2.16. The molecule has 3 aromatic rings. The number of hydrogen-bond acceptors (Lipinski definition) is 5. The highest BCUT2D eigenvalue weighted by Gasteiger charge is 2.15. The second-order valence-corrected chi connectivity index (χ2v) is 5.77. The first-order valence-electron chi connectivity index (χ1n) is 8.22. The van der Waals surface area contributed by atoms with Gasteiger partial charge in [-0.3, -0.25) is 25.4 Å². The van der Waals surface area contributed by atoms with Crippen molar-refractivity contribution < 1.29 is 19.1 Å². The van der Waals surface area contributed by atoms with Crippen molar-refractivity contribution in [2.45, 2.75) is 6.92 Å². The van der Waals surface area contributed by atoms with Gasteiger partial charge in [0.1, 0.15) is 0 Å². The van der Waals surface area contributed by atoms with Gasteiger partial charge in [-0.2, -0.15) is 0 Å². The lowest BCUT2D eigenvalue weighted by atomic mass is 10.1. The third-order valence-corrected chi connectivity index (χ3v) is 3.75. The van der Waals surface area contributed by atoms with Crippen LogP contribution in [0, 0.1) is 6.92 Å². The zero-order valence-corrected chi connectivity index (χ0v) is 14.6. The van der Waals surface area contributed by atoms with Crippen LogP contribution in [0.3, 0.4) is 0 Å². The van der Waals surface area contributed by atoms with Gasteiger partial charge < -0.3 is 4.74 Å². The van der Waals surface area contributed by atoms with Gasteiger partial charge in [0.25, 0.3) is 11.8 Å². The fourth-order valence-corrected chi connectivity index (χ4v) is 2.51. The van der Waals surface area contributed by atoms with Gasteiger partial charge in [0.15, 0.2) is 6.61 Å². The second-order valence-electron chi connectivity index (χ2n) is 5.77. The number of hydrogen-bond donors (Lipinski definition) is 2. The molecule has 0 aliphatic rings. The molecule has 0 spiro atoms. The van der Waals surface area contributed by atoms with Crippen LogP contribution in [0.2, 0.25) is 0 Å². The molecule has 3 rings (SSSR count). The molecule has 136 valence electrons. The van der Waals surface area contributed by atoms with E-state index in [4.69, 9.17) is 4.74 Å². The minimum absolute atomic E-state index is 0.333. The Morgan fingerprint density at radius 1 is 0.963 bits per heavy atom. The topological polar surface area (TPSA) is 97.4 Å². The van der Waals surface area contributed by atoms with E-state index in [9.17, 15) is 14.4 Å². The predicted molar refractivity (Wildman–Crippen MR) is 98.8 cm³/mol. The highest BCUT2D eigenvalue weighted by atomic mass is 16.5. The van der Waals surface area contributed by atoms with Crippen LogP contribution in [0.25, 0.3) is 10.9 Å². The number of pyridine rings is 1. The van der Waals surface area contributed by atoms with Crippen molar-refractivity contribution in [2.24, 2.45) is 0 Å². The van der Waals surface area contributed by atoms with Crippen molar-refractivity contribution in [2.75, 3.05) is 6.61 Å². The monoisotopic (exact) mass is 363 g/mol. The van der Waals surface area contributed by atoms with Crippen LogP contribution in [0.1, 0.15) is 26.4 Å². The molecule has 2 amide bonds. The van der Waals surface area contributed by atoms with E-state index in [2.05, 4.69) is 15.8 Å². The fourth-order valence-electron chi connectivity index (χ4n) is 2.51. The lowest BCUT2D eigenvalue weighted by molar-refractivity contribution is -0.125. The van der Waals surface area contributed by atoms with Crippen LogP contribution < -0.4 is 10.9 Å². The number of nitrogens with zero attached hydrogens (tertiary/aromatic N) is 1. The molecular weight excluding hydrogens is 346 g/mol. The van der Waals surface area contributed by atoms with Crippen molar-refractivity contribution >= 4 is 28.7 Å². The van der Waals surface area contributed by atoms with E-state index in [1.165, 1.54) is 0 Å². The number of ether oxygens (including phenoxy) is 1. The summed E-state index contributed by atoms with van der Waals surface area (Å²) in [6.45, 7) is 1.25. The van der Waals surface area contributed by atoms with E-state index < -0.39 is 24.4 Å². The number of rotatable bonds is 4. The first-order chi connectivity index (χ1) is 13.0. The maximum Gasteiger partial charge on any atom is 0.339 e. The van der Waals surface area contributed by atoms with Crippen molar-refractivity contribution in [1.29, 1.82) is 0 Å². The van der Waals surface area contributed by atoms with Crippen LogP contribution in [-0.2, 0) is 9.53 Å². The highest BCUT2D eigenvalue weighted by Crippen LogP contribution is 2.18. The number of aryl methyl sites for hydroxylation is 1. The lowest BCUT2D eigenvalue weighted by Gasteiger charge is -2.10. The van der Waals surface area contributed by atoms with Gasteiger partial charge in [0, 0.05) is 16.6 Å². The van der Waals surface area contributed by atoms with Crippen LogP contribution in [0.15, 0.2) is 60.7 Å². The molecule has 27 heavy (non-hydrogen) atoms. The average Bonchev–Trinajstić information content (AvgIpc) is 2.70. The molecule has 0 saturated carbocycles. The van der Waals surface area contributed by atoms with E-state index in [-0.39, 0.29) is 0 Å². The smallest absolute Gasteiger partial charge is 0.339 e. The minimum atomic E-state index is -0.650. The third kappa shape index (κ3) is 4.46. The first-order valence-corrected chi connectivity index (χ1v) is 8.22. The van der Waals surface area contributed by atoms with Gasteiger partial charge in [0.2, 0.25) is 0 Å². The Balaban J connectivity index is 1.58. The normalized spacial score (nSPS) is 10.3. The number of fused-ring (bicyclic) bond motifs is 1. The second kappa shape index (κ2) is 8.09. The lowest BCUT2D eigenvalue weighted by Crippen LogP contribution is -2.43. The largest absolute Gasteiger partial charge is 0.452 e. The SMILES string of the molecule is Cc1cc(C(=O)OCC(=O)NNC(=O)c2ccccc2)c2ccccc2n1. The number of hydrazine groups is 1. The van der Waals surface area contributed by atoms with Gasteiger partial charge in [-0.15, -0.1) is 0 Å². The summed E-state index contributed by atoms with van der Waals surface area (Å²) in [6, 6.07) is 17.2. The average molecular weight is 363 g/mol. The molecule has 0 unspecified atom stereocenters. The van der Waals surface area contributed by atoms with E-state index in [0.717, 1.165) is 0 Å². The first kappa shape index (κ1) is 18.1. The summed E-state index contributed by atoms with van der Waals surface area (Å²) in [5.74, 6) is -1.75. The number of nitrogens with one attached hydrogen (secondary N) is 2. The van der Waals surface area contributed by atoms with Crippen LogP contribution in [-0.4, -0.2) is 29.4 Å².